The van der Waals surface area contributed by atoms with Crippen molar-refractivity contribution in [2.24, 2.45) is 5.10 Å². The van der Waals surface area contributed by atoms with E-state index in [-0.39, 0.29) is 11.3 Å². The average molecular weight is 489 g/mol. The lowest BCUT2D eigenvalue weighted by molar-refractivity contribution is -0.137. The summed E-state index contributed by atoms with van der Waals surface area (Å²) in [5.74, 6) is 0.285. The van der Waals surface area contributed by atoms with Gasteiger partial charge in [-0.2, -0.15) is 18.3 Å². The summed E-state index contributed by atoms with van der Waals surface area (Å²) in [5, 5.41) is 3.96. The summed E-state index contributed by atoms with van der Waals surface area (Å²) in [7, 11) is 0. The molecule has 1 amide bonds. The molecule has 0 aliphatic heterocycles. The van der Waals surface area contributed by atoms with Crippen LogP contribution < -0.4 is 10.2 Å². The minimum atomic E-state index is -4.45. The number of carbonyl (C=O) groups is 1. The van der Waals surface area contributed by atoms with Crippen molar-refractivity contribution >= 4 is 11.6 Å². The molecule has 0 aromatic heterocycles. The minimum Gasteiger partial charge on any atom is -0.488 e. The number of ether oxygens (including phenoxy) is 1. The van der Waals surface area contributed by atoms with E-state index in [1.165, 1.54) is 19.1 Å². The standard InChI is InChI=1S/C29H23F3N2O2/c1-20(24-10-7-11-25(18-24)29(30,31)32)33-34-28(35)23-16-14-21(15-17-23)19-36-27-13-6-5-12-26(27)22-8-3-2-4-9-22/h2-18H,19H2,1H3,(H,34,35). The zero-order valence-corrected chi connectivity index (χ0v) is 19.4. The van der Waals surface area contributed by atoms with Crippen molar-refractivity contribution < 1.29 is 22.7 Å². The predicted molar refractivity (Wildman–Crippen MR) is 134 cm³/mol. The fourth-order valence-electron chi connectivity index (χ4n) is 3.55. The molecule has 0 fully saturated rings. The summed E-state index contributed by atoms with van der Waals surface area (Å²) < 4.78 is 44.8. The van der Waals surface area contributed by atoms with Crippen LogP contribution in [0.1, 0.15) is 34.0 Å². The fraction of sp³-hybridized carbons (Fsp3) is 0.103. The first-order valence-corrected chi connectivity index (χ1v) is 11.2. The first kappa shape index (κ1) is 24.7. The van der Waals surface area contributed by atoms with Gasteiger partial charge in [-0.05, 0) is 53.9 Å². The van der Waals surface area contributed by atoms with E-state index in [4.69, 9.17) is 4.74 Å². The number of carbonyl (C=O) groups excluding carboxylic acids is 1. The van der Waals surface area contributed by atoms with Gasteiger partial charge in [0.1, 0.15) is 12.4 Å². The van der Waals surface area contributed by atoms with E-state index in [1.54, 1.807) is 24.3 Å². The van der Waals surface area contributed by atoms with Gasteiger partial charge >= 0.3 is 6.18 Å². The van der Waals surface area contributed by atoms with Gasteiger partial charge in [0, 0.05) is 11.1 Å². The zero-order chi connectivity index (χ0) is 25.5. The summed E-state index contributed by atoms with van der Waals surface area (Å²) in [6.45, 7) is 1.85. The van der Waals surface area contributed by atoms with Crippen molar-refractivity contribution in [3.05, 3.63) is 125 Å². The summed E-state index contributed by atoms with van der Waals surface area (Å²) in [6, 6.07) is 29.4. The fourth-order valence-corrected chi connectivity index (χ4v) is 3.55. The first-order valence-electron chi connectivity index (χ1n) is 11.2. The maximum Gasteiger partial charge on any atom is 0.416 e. The lowest BCUT2D eigenvalue weighted by Gasteiger charge is -2.12. The third kappa shape index (κ3) is 6.18. The summed E-state index contributed by atoms with van der Waals surface area (Å²) in [6.07, 6.45) is -4.45. The number of hydrazone groups is 1. The molecule has 4 nitrogen and oxygen atoms in total. The van der Waals surface area contributed by atoms with Crippen LogP contribution in [0.15, 0.2) is 108 Å². The summed E-state index contributed by atoms with van der Waals surface area (Å²) >= 11 is 0. The van der Waals surface area contributed by atoms with Crippen molar-refractivity contribution in [1.82, 2.24) is 5.43 Å². The molecule has 0 heterocycles. The topological polar surface area (TPSA) is 50.7 Å². The number of nitrogens with zero attached hydrogens (tertiary/aromatic N) is 1. The monoisotopic (exact) mass is 488 g/mol. The molecule has 0 radical (unpaired) electrons. The smallest absolute Gasteiger partial charge is 0.416 e. The summed E-state index contributed by atoms with van der Waals surface area (Å²) in [5.41, 5.74) is 5.44. The molecule has 0 saturated heterocycles. The number of alkyl halides is 3. The second-order valence-electron chi connectivity index (χ2n) is 8.06. The number of hydrogen-bond donors (Lipinski definition) is 1. The van der Waals surface area contributed by atoms with Crippen LogP contribution in [0.3, 0.4) is 0 Å². The van der Waals surface area contributed by atoms with Gasteiger partial charge in [0.25, 0.3) is 5.91 Å². The Morgan fingerprint density at radius 1 is 0.833 bits per heavy atom. The molecule has 0 saturated carbocycles. The second kappa shape index (κ2) is 10.9. The highest BCUT2D eigenvalue weighted by Crippen LogP contribution is 2.31. The van der Waals surface area contributed by atoms with Crippen LogP contribution in [-0.4, -0.2) is 11.6 Å². The Balaban J connectivity index is 1.38. The van der Waals surface area contributed by atoms with Crippen molar-refractivity contribution in [1.29, 1.82) is 0 Å². The maximum absolute atomic E-state index is 12.9. The van der Waals surface area contributed by atoms with Gasteiger partial charge in [0.2, 0.25) is 0 Å². The SMILES string of the molecule is CC(=NNC(=O)c1ccc(COc2ccccc2-c2ccccc2)cc1)c1cccc(C(F)(F)F)c1. The third-order valence-corrected chi connectivity index (χ3v) is 5.52. The van der Waals surface area contributed by atoms with Gasteiger partial charge in [0.05, 0.1) is 11.3 Å². The first-order chi connectivity index (χ1) is 17.3. The zero-order valence-electron chi connectivity index (χ0n) is 19.4. The molecular weight excluding hydrogens is 465 g/mol. The van der Waals surface area contributed by atoms with E-state index in [2.05, 4.69) is 10.5 Å². The van der Waals surface area contributed by atoms with E-state index in [0.717, 1.165) is 34.6 Å². The number of para-hydroxylation sites is 1. The number of halogens is 3. The van der Waals surface area contributed by atoms with E-state index in [0.29, 0.717) is 12.2 Å². The highest BCUT2D eigenvalue weighted by atomic mass is 19.4. The molecule has 4 rings (SSSR count). The molecule has 4 aromatic carbocycles. The van der Waals surface area contributed by atoms with Gasteiger partial charge in [-0.1, -0.05) is 72.8 Å². The summed E-state index contributed by atoms with van der Waals surface area (Å²) in [4.78, 5) is 12.5. The van der Waals surface area contributed by atoms with Crippen molar-refractivity contribution in [2.75, 3.05) is 0 Å². The molecule has 1 N–H and O–H groups in total. The largest absolute Gasteiger partial charge is 0.488 e. The van der Waals surface area contributed by atoms with Gasteiger partial charge in [-0.25, -0.2) is 5.43 Å². The Morgan fingerprint density at radius 3 is 2.25 bits per heavy atom. The van der Waals surface area contributed by atoms with Crippen LogP contribution in [0.25, 0.3) is 11.1 Å². The Kier molecular flexibility index (Phi) is 7.49. The van der Waals surface area contributed by atoms with E-state index in [1.807, 2.05) is 54.6 Å². The Labute approximate surface area is 207 Å². The molecule has 0 unspecified atom stereocenters. The van der Waals surface area contributed by atoms with Gasteiger partial charge in [0.15, 0.2) is 0 Å². The van der Waals surface area contributed by atoms with Gasteiger partial charge < -0.3 is 4.74 Å². The highest BCUT2D eigenvalue weighted by Gasteiger charge is 2.30. The molecule has 0 atom stereocenters. The van der Waals surface area contributed by atoms with Gasteiger partial charge in [-0.3, -0.25) is 4.79 Å². The van der Waals surface area contributed by atoms with Gasteiger partial charge in [-0.15, -0.1) is 0 Å². The molecule has 4 aromatic rings. The average Bonchev–Trinajstić information content (AvgIpc) is 2.91. The molecule has 36 heavy (non-hydrogen) atoms. The second-order valence-corrected chi connectivity index (χ2v) is 8.06. The number of hydrogen-bond acceptors (Lipinski definition) is 3. The quantitative estimate of drug-likeness (QED) is 0.223. The number of amides is 1. The van der Waals surface area contributed by atoms with E-state index >= 15 is 0 Å². The van der Waals surface area contributed by atoms with E-state index in [9.17, 15) is 18.0 Å². The number of nitrogens with one attached hydrogen (secondary N) is 1. The number of benzene rings is 4. The molecule has 182 valence electrons. The highest BCUT2D eigenvalue weighted by molar-refractivity contribution is 6.01. The van der Waals surface area contributed by atoms with E-state index < -0.39 is 17.6 Å². The Morgan fingerprint density at radius 2 is 1.53 bits per heavy atom. The normalized spacial score (nSPS) is 11.7. The van der Waals surface area contributed by atoms with Crippen LogP contribution in [0, 0.1) is 0 Å². The van der Waals surface area contributed by atoms with Crippen LogP contribution in [0.5, 0.6) is 5.75 Å². The Hall–Kier alpha value is -4.39. The minimum absolute atomic E-state index is 0.261. The maximum atomic E-state index is 12.9. The lowest BCUT2D eigenvalue weighted by atomic mass is 10.0. The van der Waals surface area contributed by atoms with Crippen molar-refractivity contribution in [3.8, 4) is 16.9 Å². The third-order valence-electron chi connectivity index (χ3n) is 5.52. The van der Waals surface area contributed by atoms with Crippen LogP contribution in [0.4, 0.5) is 13.2 Å². The molecule has 0 aliphatic carbocycles. The van der Waals surface area contributed by atoms with Crippen LogP contribution in [0.2, 0.25) is 0 Å². The molecule has 0 aliphatic rings. The number of rotatable bonds is 7. The molecule has 0 bridgehead atoms. The molecular formula is C29H23F3N2O2. The van der Waals surface area contributed by atoms with Crippen LogP contribution >= 0.6 is 0 Å². The van der Waals surface area contributed by atoms with Crippen LogP contribution in [-0.2, 0) is 12.8 Å². The molecule has 0 spiro atoms. The van der Waals surface area contributed by atoms with Crippen molar-refractivity contribution in [3.63, 3.8) is 0 Å². The van der Waals surface area contributed by atoms with Crippen molar-refractivity contribution in [2.45, 2.75) is 19.7 Å². The lowest BCUT2D eigenvalue weighted by Crippen LogP contribution is -2.19. The molecule has 7 heteroatoms. The Bertz CT molecular complexity index is 1370. The predicted octanol–water partition coefficient (Wildman–Crippen LogP) is 7.11.